The van der Waals surface area contributed by atoms with Crippen molar-refractivity contribution in [3.63, 3.8) is 0 Å². The Morgan fingerprint density at radius 3 is 2.71 bits per heavy atom. The Morgan fingerprint density at radius 2 is 2.14 bits per heavy atom. The normalized spacial score (nSPS) is 32.4. The molecular formula is C13H22O. The molecule has 0 aliphatic heterocycles. The molecule has 1 aliphatic carbocycles. The molecule has 0 aromatic heterocycles. The van der Waals surface area contributed by atoms with E-state index in [4.69, 9.17) is 4.74 Å². The largest absolute Gasteiger partial charge is 0.490 e. The maximum atomic E-state index is 5.68. The van der Waals surface area contributed by atoms with Gasteiger partial charge in [-0.1, -0.05) is 39.5 Å². The Bertz CT molecular complexity index is 213. The molecule has 14 heavy (non-hydrogen) atoms. The highest BCUT2D eigenvalue weighted by molar-refractivity contribution is 4.83. The van der Waals surface area contributed by atoms with Gasteiger partial charge in [0.05, 0.1) is 0 Å². The van der Waals surface area contributed by atoms with Crippen LogP contribution in [0.25, 0.3) is 0 Å². The van der Waals surface area contributed by atoms with E-state index in [1.54, 1.807) is 6.26 Å². The van der Waals surface area contributed by atoms with Gasteiger partial charge in [0.15, 0.2) is 0 Å². The van der Waals surface area contributed by atoms with Gasteiger partial charge in [0, 0.05) is 0 Å². The third-order valence-electron chi connectivity index (χ3n) is 3.29. The molecule has 0 spiro atoms. The Balaban J connectivity index is 2.58. The van der Waals surface area contributed by atoms with Crippen LogP contribution in [0.5, 0.6) is 0 Å². The van der Waals surface area contributed by atoms with Crippen LogP contribution in [0.15, 0.2) is 18.6 Å². The second kappa shape index (κ2) is 5.26. The molecule has 0 bridgehead atoms. The molecule has 1 rings (SSSR count). The maximum absolute atomic E-state index is 5.68. The molecular weight excluding hydrogens is 172 g/mol. The van der Waals surface area contributed by atoms with Gasteiger partial charge in [-0.3, -0.25) is 0 Å². The minimum absolute atomic E-state index is 0.382. The first kappa shape index (κ1) is 11.4. The number of ether oxygens (including phenoxy) is 1. The minimum Gasteiger partial charge on any atom is -0.490 e. The zero-order valence-electron chi connectivity index (χ0n) is 9.62. The first-order valence-corrected chi connectivity index (χ1v) is 5.65. The zero-order chi connectivity index (χ0) is 10.6. The Kier molecular flexibility index (Phi) is 4.28. The van der Waals surface area contributed by atoms with Gasteiger partial charge in [0.2, 0.25) is 0 Å². The van der Waals surface area contributed by atoms with Crippen LogP contribution in [0.1, 0.15) is 40.0 Å². The molecule has 0 radical (unpaired) electrons. The predicted molar refractivity (Wildman–Crippen MR) is 59.9 cm³/mol. The molecule has 3 atom stereocenters. The van der Waals surface area contributed by atoms with Gasteiger partial charge in [-0.15, -0.1) is 0 Å². The van der Waals surface area contributed by atoms with Crippen molar-refractivity contribution in [3.8, 4) is 0 Å². The third kappa shape index (κ3) is 2.92. The molecule has 0 saturated heterocycles. The summed E-state index contributed by atoms with van der Waals surface area (Å²) in [5.41, 5.74) is 2.69. The van der Waals surface area contributed by atoms with E-state index in [0.717, 1.165) is 5.92 Å². The van der Waals surface area contributed by atoms with Crippen molar-refractivity contribution in [2.75, 3.05) is 0 Å². The zero-order valence-corrected chi connectivity index (χ0v) is 9.62. The average molecular weight is 194 g/mol. The number of hydrogen-bond donors (Lipinski definition) is 0. The quantitative estimate of drug-likeness (QED) is 0.491. The predicted octanol–water partition coefficient (Wildman–Crippen LogP) is 3.76. The molecule has 0 unspecified atom stereocenters. The summed E-state index contributed by atoms with van der Waals surface area (Å²) < 4.78 is 5.68. The minimum atomic E-state index is 0.382. The molecule has 0 heterocycles. The molecule has 0 aromatic rings. The van der Waals surface area contributed by atoms with Crippen molar-refractivity contribution in [2.24, 2.45) is 17.8 Å². The Hall–Kier alpha value is -0.680. The van der Waals surface area contributed by atoms with Gasteiger partial charge in [0.25, 0.3) is 0 Å². The van der Waals surface area contributed by atoms with Crippen LogP contribution in [0.4, 0.5) is 0 Å². The van der Waals surface area contributed by atoms with Crippen molar-refractivity contribution in [1.29, 1.82) is 0 Å². The van der Waals surface area contributed by atoms with Crippen LogP contribution in [-0.4, -0.2) is 6.10 Å². The Labute approximate surface area is 87.8 Å². The fourth-order valence-corrected chi connectivity index (χ4v) is 2.41. The molecule has 1 heteroatoms. The fraction of sp³-hybridized carbons (Fsp3) is 0.769. The highest BCUT2D eigenvalue weighted by Gasteiger charge is 2.31. The SMILES string of the molecule is C=C=CO[C@@H]1C[C@@H](C)CC[C@@H]1C(C)C. The second-order valence-corrected chi connectivity index (χ2v) is 4.82. The molecule has 0 amide bonds. The summed E-state index contributed by atoms with van der Waals surface area (Å²) in [4.78, 5) is 0. The summed E-state index contributed by atoms with van der Waals surface area (Å²) in [5, 5.41) is 0. The highest BCUT2D eigenvalue weighted by Crippen LogP contribution is 2.35. The van der Waals surface area contributed by atoms with Crippen LogP contribution in [0.2, 0.25) is 0 Å². The second-order valence-electron chi connectivity index (χ2n) is 4.82. The van der Waals surface area contributed by atoms with Crippen LogP contribution >= 0.6 is 0 Å². The topological polar surface area (TPSA) is 9.23 Å². The molecule has 0 aromatic carbocycles. The van der Waals surface area contributed by atoms with Crippen LogP contribution in [0, 0.1) is 17.8 Å². The van der Waals surface area contributed by atoms with Crippen LogP contribution in [0.3, 0.4) is 0 Å². The summed E-state index contributed by atoms with van der Waals surface area (Å²) in [6, 6.07) is 0. The van der Waals surface area contributed by atoms with Crippen LogP contribution < -0.4 is 0 Å². The van der Waals surface area contributed by atoms with E-state index in [-0.39, 0.29) is 0 Å². The molecule has 1 aliphatic rings. The smallest absolute Gasteiger partial charge is 0.125 e. The summed E-state index contributed by atoms with van der Waals surface area (Å²) in [6.07, 6.45) is 5.83. The lowest BCUT2D eigenvalue weighted by Gasteiger charge is -2.36. The van der Waals surface area contributed by atoms with E-state index in [2.05, 4.69) is 33.1 Å². The molecule has 1 fully saturated rings. The summed E-state index contributed by atoms with van der Waals surface area (Å²) in [5.74, 6) is 2.22. The van der Waals surface area contributed by atoms with Gasteiger partial charge >= 0.3 is 0 Å². The van der Waals surface area contributed by atoms with Crippen molar-refractivity contribution in [1.82, 2.24) is 0 Å². The van der Waals surface area contributed by atoms with E-state index in [1.807, 2.05) is 0 Å². The van der Waals surface area contributed by atoms with E-state index in [1.165, 1.54) is 19.3 Å². The molecule has 1 saturated carbocycles. The lowest BCUT2D eigenvalue weighted by Crippen LogP contribution is -2.33. The highest BCUT2D eigenvalue weighted by atomic mass is 16.5. The molecule has 0 N–H and O–H groups in total. The van der Waals surface area contributed by atoms with Gasteiger partial charge in [-0.25, -0.2) is 0 Å². The first-order chi connectivity index (χ1) is 6.65. The van der Waals surface area contributed by atoms with Gasteiger partial charge in [0.1, 0.15) is 12.4 Å². The van der Waals surface area contributed by atoms with E-state index in [0.29, 0.717) is 17.9 Å². The van der Waals surface area contributed by atoms with Crippen molar-refractivity contribution in [2.45, 2.75) is 46.1 Å². The molecule has 80 valence electrons. The van der Waals surface area contributed by atoms with Crippen LogP contribution in [-0.2, 0) is 4.74 Å². The monoisotopic (exact) mass is 194 g/mol. The van der Waals surface area contributed by atoms with E-state index >= 15 is 0 Å². The van der Waals surface area contributed by atoms with Crippen molar-refractivity contribution < 1.29 is 4.74 Å². The summed E-state index contributed by atoms with van der Waals surface area (Å²) >= 11 is 0. The average Bonchev–Trinajstić information content (AvgIpc) is 2.14. The molecule has 1 nitrogen and oxygen atoms in total. The maximum Gasteiger partial charge on any atom is 0.125 e. The van der Waals surface area contributed by atoms with E-state index in [9.17, 15) is 0 Å². The third-order valence-corrected chi connectivity index (χ3v) is 3.29. The summed E-state index contributed by atoms with van der Waals surface area (Å²) in [6.45, 7) is 10.4. The lowest BCUT2D eigenvalue weighted by atomic mass is 9.75. The number of rotatable bonds is 3. The summed E-state index contributed by atoms with van der Waals surface area (Å²) in [7, 11) is 0. The lowest BCUT2D eigenvalue weighted by molar-refractivity contribution is 0.0139. The van der Waals surface area contributed by atoms with Gasteiger partial charge < -0.3 is 4.74 Å². The first-order valence-electron chi connectivity index (χ1n) is 5.65. The van der Waals surface area contributed by atoms with Crippen molar-refractivity contribution in [3.05, 3.63) is 18.6 Å². The number of hydrogen-bond acceptors (Lipinski definition) is 1. The fourth-order valence-electron chi connectivity index (χ4n) is 2.41. The standard InChI is InChI=1S/C13H22O/c1-5-8-14-13-9-11(4)6-7-12(13)10(2)3/h8,10-13H,1,6-7,9H2,2-4H3/t11-,12+,13+/m0/s1. The van der Waals surface area contributed by atoms with Crippen molar-refractivity contribution >= 4 is 0 Å². The Morgan fingerprint density at radius 1 is 1.43 bits per heavy atom. The van der Waals surface area contributed by atoms with Gasteiger partial charge in [-0.2, -0.15) is 0 Å². The van der Waals surface area contributed by atoms with Gasteiger partial charge in [-0.05, 0) is 30.6 Å². The van der Waals surface area contributed by atoms with E-state index < -0.39 is 0 Å².